The van der Waals surface area contributed by atoms with E-state index in [1.807, 2.05) is 19.1 Å². The van der Waals surface area contributed by atoms with Gasteiger partial charge in [-0.1, -0.05) is 29.3 Å². The molecule has 3 rings (SSSR count). The standard InChI is InChI=1S/C20H21ClO7S/c1-11-2-6-14(7-3-11)26-20(29)28-18-16(23)15(10-22)27-19(17(18)24)25-13-8-4-12(21)5-9-13/h2-9,15-19,22-24H,10H2,1H3/t15-,16+,17-,18+,19-/m1/s1. The van der Waals surface area contributed by atoms with Crippen molar-refractivity contribution in [1.82, 2.24) is 0 Å². The Kier molecular flexibility index (Phi) is 7.28. The fourth-order valence-electron chi connectivity index (χ4n) is 2.77. The molecule has 2 aromatic rings. The van der Waals surface area contributed by atoms with Gasteiger partial charge < -0.3 is 34.3 Å². The van der Waals surface area contributed by atoms with E-state index in [0.29, 0.717) is 16.5 Å². The third-order valence-electron chi connectivity index (χ3n) is 4.34. The van der Waals surface area contributed by atoms with Crippen molar-refractivity contribution in [2.75, 3.05) is 6.61 Å². The molecule has 0 amide bonds. The number of thiocarbonyl (C=S) groups is 1. The Balaban J connectivity index is 1.70. The summed E-state index contributed by atoms with van der Waals surface area (Å²) in [5, 5.41) is 30.8. The highest BCUT2D eigenvalue weighted by Gasteiger charge is 2.47. The zero-order chi connectivity index (χ0) is 21.0. The molecule has 0 aliphatic carbocycles. The lowest BCUT2D eigenvalue weighted by Gasteiger charge is -2.41. The number of benzene rings is 2. The first kappa shape index (κ1) is 21.8. The topological polar surface area (TPSA) is 97.6 Å². The normalized spacial score (nSPS) is 26.6. The van der Waals surface area contributed by atoms with E-state index in [4.69, 9.17) is 42.8 Å². The summed E-state index contributed by atoms with van der Waals surface area (Å²) in [6.45, 7) is 1.42. The minimum atomic E-state index is -1.41. The molecule has 2 aromatic carbocycles. The van der Waals surface area contributed by atoms with Crippen LogP contribution < -0.4 is 9.47 Å². The minimum Gasteiger partial charge on any atom is -0.462 e. The second kappa shape index (κ2) is 9.71. The van der Waals surface area contributed by atoms with Gasteiger partial charge in [0.05, 0.1) is 6.61 Å². The van der Waals surface area contributed by atoms with E-state index in [0.717, 1.165) is 5.56 Å². The van der Waals surface area contributed by atoms with Crippen molar-refractivity contribution in [3.05, 3.63) is 59.1 Å². The molecule has 7 nitrogen and oxygen atoms in total. The molecule has 0 spiro atoms. The van der Waals surface area contributed by atoms with Gasteiger partial charge in [0.25, 0.3) is 0 Å². The van der Waals surface area contributed by atoms with Crippen molar-refractivity contribution < 1.29 is 34.3 Å². The Morgan fingerprint density at radius 3 is 2.28 bits per heavy atom. The number of ether oxygens (including phenoxy) is 4. The van der Waals surface area contributed by atoms with Gasteiger partial charge in [0.2, 0.25) is 6.29 Å². The van der Waals surface area contributed by atoms with Crippen LogP contribution in [0.1, 0.15) is 5.56 Å². The van der Waals surface area contributed by atoms with Crippen LogP contribution in [0.4, 0.5) is 0 Å². The summed E-state index contributed by atoms with van der Waals surface area (Å²) in [5.74, 6) is 0.827. The Morgan fingerprint density at radius 2 is 1.66 bits per heavy atom. The Labute approximate surface area is 178 Å². The minimum absolute atomic E-state index is 0.291. The molecule has 9 heteroatoms. The van der Waals surface area contributed by atoms with Crippen LogP contribution in [0.25, 0.3) is 0 Å². The summed E-state index contributed by atoms with van der Waals surface area (Å²) in [7, 11) is 0. The van der Waals surface area contributed by atoms with Gasteiger partial charge in [-0.2, -0.15) is 0 Å². The monoisotopic (exact) mass is 440 g/mol. The summed E-state index contributed by atoms with van der Waals surface area (Å²) >= 11 is 10.9. The first-order valence-corrected chi connectivity index (χ1v) is 9.66. The third kappa shape index (κ3) is 5.57. The number of rotatable bonds is 5. The molecule has 1 aliphatic heterocycles. The van der Waals surface area contributed by atoms with Crippen molar-refractivity contribution in [2.24, 2.45) is 0 Å². The highest BCUT2D eigenvalue weighted by atomic mass is 35.5. The van der Waals surface area contributed by atoms with Crippen LogP contribution in [0.2, 0.25) is 5.02 Å². The predicted molar refractivity (Wildman–Crippen MR) is 109 cm³/mol. The molecule has 0 aromatic heterocycles. The summed E-state index contributed by atoms with van der Waals surface area (Å²) in [5.41, 5.74) is 1.05. The molecule has 3 N–H and O–H groups in total. The molecule has 29 heavy (non-hydrogen) atoms. The quantitative estimate of drug-likeness (QED) is 0.609. The summed E-state index contributed by atoms with van der Waals surface area (Å²) in [6, 6.07) is 13.5. The second-order valence-electron chi connectivity index (χ2n) is 6.53. The van der Waals surface area contributed by atoms with Crippen LogP contribution in [-0.2, 0) is 9.47 Å². The van der Waals surface area contributed by atoms with Gasteiger partial charge in [0.1, 0.15) is 23.7 Å². The molecule has 1 saturated heterocycles. The average molecular weight is 441 g/mol. The Hall–Kier alpha value is -1.94. The van der Waals surface area contributed by atoms with E-state index >= 15 is 0 Å². The maximum absolute atomic E-state index is 10.6. The van der Waals surface area contributed by atoms with E-state index in [-0.39, 0.29) is 5.24 Å². The highest BCUT2D eigenvalue weighted by Crippen LogP contribution is 2.27. The highest BCUT2D eigenvalue weighted by molar-refractivity contribution is 7.79. The largest absolute Gasteiger partial charge is 0.462 e. The molecule has 0 unspecified atom stereocenters. The lowest BCUT2D eigenvalue weighted by atomic mass is 9.99. The van der Waals surface area contributed by atoms with E-state index in [1.54, 1.807) is 36.4 Å². The molecular formula is C20H21ClO7S. The van der Waals surface area contributed by atoms with Crippen LogP contribution in [0.15, 0.2) is 48.5 Å². The van der Waals surface area contributed by atoms with Crippen LogP contribution in [-0.4, -0.2) is 57.9 Å². The van der Waals surface area contributed by atoms with Gasteiger partial charge in [-0.05, 0) is 43.3 Å². The first-order valence-electron chi connectivity index (χ1n) is 8.87. The Morgan fingerprint density at radius 1 is 1.03 bits per heavy atom. The van der Waals surface area contributed by atoms with Crippen molar-refractivity contribution >= 4 is 29.1 Å². The third-order valence-corrected chi connectivity index (χ3v) is 4.77. The number of aryl methyl sites for hydroxylation is 1. The zero-order valence-corrected chi connectivity index (χ0v) is 17.0. The van der Waals surface area contributed by atoms with Crippen LogP contribution >= 0.6 is 23.8 Å². The fourth-order valence-corrected chi connectivity index (χ4v) is 3.11. The van der Waals surface area contributed by atoms with E-state index in [2.05, 4.69) is 0 Å². The maximum atomic E-state index is 10.6. The second-order valence-corrected chi connectivity index (χ2v) is 7.30. The molecule has 156 valence electrons. The van der Waals surface area contributed by atoms with Gasteiger partial charge in [-0.25, -0.2) is 0 Å². The maximum Gasteiger partial charge on any atom is 0.358 e. The number of aliphatic hydroxyl groups is 3. The van der Waals surface area contributed by atoms with Gasteiger partial charge in [0, 0.05) is 17.2 Å². The SMILES string of the molecule is Cc1ccc(OC(=S)O[C@H]2[C@@H](O)[C@@H](CO)O[C@@H](Oc3ccc(Cl)cc3)[C@@H]2O)cc1. The van der Waals surface area contributed by atoms with E-state index in [1.165, 1.54) is 0 Å². The molecule has 0 bridgehead atoms. The van der Waals surface area contributed by atoms with Crippen molar-refractivity contribution in [2.45, 2.75) is 37.6 Å². The molecule has 1 aliphatic rings. The van der Waals surface area contributed by atoms with Crippen LogP contribution in [0.5, 0.6) is 11.5 Å². The number of halogens is 1. The average Bonchev–Trinajstić information content (AvgIpc) is 2.70. The number of aliphatic hydroxyl groups excluding tert-OH is 3. The van der Waals surface area contributed by atoms with E-state index in [9.17, 15) is 15.3 Å². The zero-order valence-electron chi connectivity index (χ0n) is 15.5. The lowest BCUT2D eigenvalue weighted by Crippen LogP contribution is -2.61. The number of hydrogen-bond acceptors (Lipinski definition) is 8. The van der Waals surface area contributed by atoms with E-state index < -0.39 is 37.3 Å². The predicted octanol–water partition coefficient (Wildman–Crippen LogP) is 2.22. The molecule has 5 atom stereocenters. The molecule has 0 saturated carbocycles. The lowest BCUT2D eigenvalue weighted by molar-refractivity contribution is -0.275. The van der Waals surface area contributed by atoms with Crippen LogP contribution in [0, 0.1) is 6.92 Å². The van der Waals surface area contributed by atoms with Gasteiger partial charge in [-0.15, -0.1) is 0 Å². The number of hydrogen-bond donors (Lipinski definition) is 3. The molecule has 1 fully saturated rings. The van der Waals surface area contributed by atoms with Crippen LogP contribution in [0.3, 0.4) is 0 Å². The molecule has 1 heterocycles. The fraction of sp³-hybridized carbons (Fsp3) is 0.350. The first-order chi connectivity index (χ1) is 13.9. The van der Waals surface area contributed by atoms with Crippen molar-refractivity contribution in [3.8, 4) is 11.5 Å². The summed E-state index contributed by atoms with van der Waals surface area (Å²) < 4.78 is 22.0. The van der Waals surface area contributed by atoms with Crippen molar-refractivity contribution in [1.29, 1.82) is 0 Å². The van der Waals surface area contributed by atoms with Gasteiger partial charge in [0.15, 0.2) is 12.2 Å². The Bertz CT molecular complexity index is 815. The molecule has 0 radical (unpaired) electrons. The summed E-state index contributed by atoms with van der Waals surface area (Å²) in [6.07, 6.45) is -6.29. The smallest absolute Gasteiger partial charge is 0.358 e. The summed E-state index contributed by atoms with van der Waals surface area (Å²) in [4.78, 5) is 0. The van der Waals surface area contributed by atoms with Crippen molar-refractivity contribution in [3.63, 3.8) is 0 Å². The molecular weight excluding hydrogens is 420 g/mol. The van der Waals surface area contributed by atoms with Gasteiger partial charge >= 0.3 is 5.24 Å². The van der Waals surface area contributed by atoms with Gasteiger partial charge in [-0.3, -0.25) is 0 Å².